The number of alkyl halides is 3. The Balaban J connectivity index is 0.00000196. The Kier molecular flexibility index (Phi) is 8.47. The zero-order valence-electron chi connectivity index (χ0n) is 14.3. The molecule has 2 heterocycles. The van der Waals surface area contributed by atoms with E-state index in [0.717, 1.165) is 5.56 Å². The van der Waals surface area contributed by atoms with Gasteiger partial charge in [0.05, 0.1) is 5.69 Å². The quantitative estimate of drug-likeness (QED) is 0.706. The van der Waals surface area contributed by atoms with Crippen molar-refractivity contribution in [1.29, 1.82) is 0 Å². The zero-order chi connectivity index (χ0) is 18.7. The molecule has 1 aromatic heterocycles. The van der Waals surface area contributed by atoms with E-state index in [-0.39, 0.29) is 41.9 Å². The van der Waals surface area contributed by atoms with Crippen LogP contribution >= 0.6 is 24.8 Å². The summed E-state index contributed by atoms with van der Waals surface area (Å²) in [5.41, 5.74) is 0.911. The van der Waals surface area contributed by atoms with Gasteiger partial charge in [0.2, 0.25) is 0 Å². The largest absolute Gasteiger partial charge is 0.482 e. The van der Waals surface area contributed by atoms with E-state index < -0.39 is 24.5 Å². The number of aromatic nitrogens is 1. The topological polar surface area (TPSA) is 63.2 Å². The number of amides is 1. The third-order valence-corrected chi connectivity index (χ3v) is 3.83. The van der Waals surface area contributed by atoms with Crippen molar-refractivity contribution in [2.75, 3.05) is 18.5 Å². The number of ether oxygens (including phenoxy) is 1. The highest BCUT2D eigenvalue weighted by molar-refractivity contribution is 6.04. The number of nitrogens with one attached hydrogen (secondary N) is 2. The van der Waals surface area contributed by atoms with E-state index in [2.05, 4.69) is 20.4 Å². The van der Waals surface area contributed by atoms with Gasteiger partial charge in [0, 0.05) is 12.7 Å². The molecule has 1 amide bonds. The van der Waals surface area contributed by atoms with Gasteiger partial charge in [0.25, 0.3) is 5.91 Å². The maximum absolute atomic E-state index is 14.6. The molecule has 28 heavy (non-hydrogen) atoms. The van der Waals surface area contributed by atoms with Crippen molar-refractivity contribution in [2.45, 2.75) is 19.1 Å². The third kappa shape index (κ3) is 5.70. The average Bonchev–Trinajstić information content (AvgIpc) is 2.62. The summed E-state index contributed by atoms with van der Waals surface area (Å²) in [6.45, 7) is -0.397. The smallest absolute Gasteiger partial charge is 0.422 e. The summed E-state index contributed by atoms with van der Waals surface area (Å²) in [5, 5.41) is 5.47. The minimum absolute atomic E-state index is 0. The molecule has 0 spiro atoms. The lowest BCUT2D eigenvalue weighted by atomic mass is 9.99. The summed E-state index contributed by atoms with van der Waals surface area (Å²) in [7, 11) is 0. The number of fused-ring (bicyclic) bond motifs is 1. The van der Waals surface area contributed by atoms with Gasteiger partial charge in [-0.2, -0.15) is 13.2 Å². The molecular formula is C17H17Cl2F4N3O2. The summed E-state index contributed by atoms with van der Waals surface area (Å²) in [6.07, 6.45) is -2.83. The highest BCUT2D eigenvalue weighted by Gasteiger charge is 2.29. The molecule has 0 saturated heterocycles. The van der Waals surface area contributed by atoms with Crippen LogP contribution in [0.2, 0.25) is 0 Å². The van der Waals surface area contributed by atoms with E-state index in [4.69, 9.17) is 0 Å². The first-order chi connectivity index (χ1) is 12.3. The Hall–Kier alpha value is -2.10. The molecule has 1 aliphatic heterocycles. The van der Waals surface area contributed by atoms with E-state index in [1.807, 2.05) is 0 Å². The number of carbonyl (C=O) groups excluding carboxylic acids is 1. The fourth-order valence-corrected chi connectivity index (χ4v) is 2.65. The molecule has 0 saturated carbocycles. The van der Waals surface area contributed by atoms with Crippen LogP contribution in [0.3, 0.4) is 0 Å². The molecule has 154 valence electrons. The number of hydrogen-bond acceptors (Lipinski definition) is 4. The van der Waals surface area contributed by atoms with E-state index in [0.29, 0.717) is 25.1 Å². The summed E-state index contributed by atoms with van der Waals surface area (Å²) in [5.74, 6) is -1.73. The van der Waals surface area contributed by atoms with E-state index >= 15 is 0 Å². The van der Waals surface area contributed by atoms with Crippen LogP contribution in [-0.4, -0.2) is 30.2 Å². The summed E-state index contributed by atoms with van der Waals surface area (Å²) >= 11 is 0. The fraction of sp³-hybridized carbons (Fsp3) is 0.294. The van der Waals surface area contributed by atoms with Gasteiger partial charge in [-0.3, -0.25) is 4.79 Å². The first-order valence-electron chi connectivity index (χ1n) is 7.82. The van der Waals surface area contributed by atoms with Crippen molar-refractivity contribution in [2.24, 2.45) is 0 Å². The molecule has 3 rings (SSSR count). The molecule has 2 aromatic rings. The van der Waals surface area contributed by atoms with Crippen LogP contribution in [0.5, 0.6) is 5.75 Å². The lowest BCUT2D eigenvalue weighted by molar-refractivity contribution is -0.153. The first kappa shape index (κ1) is 23.9. The monoisotopic (exact) mass is 441 g/mol. The Morgan fingerprint density at radius 2 is 2.00 bits per heavy atom. The SMILES string of the molecule is Cl.Cl.O=C(Nc1ccc2c(c1F)CCNC2)c1ncccc1OCC(F)(F)F. The van der Waals surface area contributed by atoms with Gasteiger partial charge in [0.15, 0.2) is 18.1 Å². The number of carbonyl (C=O) groups is 1. The highest BCUT2D eigenvalue weighted by Crippen LogP contribution is 2.26. The number of anilines is 1. The van der Waals surface area contributed by atoms with Crippen LogP contribution in [0.4, 0.5) is 23.2 Å². The predicted octanol–water partition coefficient (Wildman–Crippen LogP) is 3.90. The van der Waals surface area contributed by atoms with Gasteiger partial charge in [-0.1, -0.05) is 6.07 Å². The van der Waals surface area contributed by atoms with Gasteiger partial charge in [0.1, 0.15) is 5.82 Å². The molecule has 1 aliphatic rings. The van der Waals surface area contributed by atoms with Crippen LogP contribution in [-0.2, 0) is 13.0 Å². The molecule has 1 aromatic carbocycles. The summed E-state index contributed by atoms with van der Waals surface area (Å²) in [6, 6.07) is 5.65. The molecule has 0 fully saturated rings. The maximum Gasteiger partial charge on any atom is 0.422 e. The zero-order valence-corrected chi connectivity index (χ0v) is 15.9. The Bertz CT molecular complexity index is 835. The van der Waals surface area contributed by atoms with E-state index in [1.54, 1.807) is 6.07 Å². The predicted molar refractivity (Wildman–Crippen MR) is 100 cm³/mol. The first-order valence-corrected chi connectivity index (χ1v) is 7.82. The number of pyridine rings is 1. The summed E-state index contributed by atoms with van der Waals surface area (Å²) < 4.78 is 56.2. The van der Waals surface area contributed by atoms with E-state index in [9.17, 15) is 22.4 Å². The third-order valence-electron chi connectivity index (χ3n) is 3.83. The minimum Gasteiger partial charge on any atom is -0.482 e. The van der Waals surface area contributed by atoms with E-state index in [1.165, 1.54) is 24.4 Å². The molecule has 0 bridgehead atoms. The van der Waals surface area contributed by atoms with Crippen molar-refractivity contribution in [3.8, 4) is 5.75 Å². The van der Waals surface area contributed by atoms with Crippen molar-refractivity contribution in [3.05, 3.63) is 53.1 Å². The van der Waals surface area contributed by atoms with Crippen LogP contribution in [0, 0.1) is 5.82 Å². The van der Waals surface area contributed by atoms with Crippen molar-refractivity contribution in [3.63, 3.8) is 0 Å². The lowest BCUT2D eigenvalue weighted by Gasteiger charge is -2.19. The maximum atomic E-state index is 14.6. The minimum atomic E-state index is -4.55. The Morgan fingerprint density at radius 3 is 2.71 bits per heavy atom. The molecule has 5 nitrogen and oxygen atoms in total. The molecule has 0 atom stereocenters. The van der Waals surface area contributed by atoms with Crippen LogP contribution in [0.25, 0.3) is 0 Å². The molecule has 0 aliphatic carbocycles. The van der Waals surface area contributed by atoms with Crippen LogP contribution < -0.4 is 15.4 Å². The second kappa shape index (κ2) is 9.90. The Morgan fingerprint density at radius 1 is 1.25 bits per heavy atom. The lowest BCUT2D eigenvalue weighted by Crippen LogP contribution is -2.25. The number of benzene rings is 1. The van der Waals surface area contributed by atoms with Crippen molar-refractivity contribution >= 4 is 36.4 Å². The number of hydrogen-bond donors (Lipinski definition) is 2. The summed E-state index contributed by atoms with van der Waals surface area (Å²) in [4.78, 5) is 16.1. The second-order valence-electron chi connectivity index (χ2n) is 5.70. The number of halogens is 6. The second-order valence-corrected chi connectivity index (χ2v) is 5.70. The van der Waals surface area contributed by atoms with Crippen molar-refractivity contribution in [1.82, 2.24) is 10.3 Å². The number of rotatable bonds is 4. The molecule has 0 radical (unpaired) electrons. The van der Waals surface area contributed by atoms with Crippen LogP contribution in [0.1, 0.15) is 21.6 Å². The highest BCUT2D eigenvalue weighted by atomic mass is 35.5. The van der Waals surface area contributed by atoms with Gasteiger partial charge < -0.3 is 15.4 Å². The van der Waals surface area contributed by atoms with Gasteiger partial charge in [-0.15, -0.1) is 24.8 Å². The van der Waals surface area contributed by atoms with Gasteiger partial charge in [-0.05, 0) is 42.3 Å². The fourth-order valence-electron chi connectivity index (χ4n) is 2.65. The van der Waals surface area contributed by atoms with Gasteiger partial charge in [-0.25, -0.2) is 9.37 Å². The Labute approximate surface area is 170 Å². The standard InChI is InChI=1S/C17H15F4N3O2.2ClH/c18-14-11-5-7-22-8-10(11)3-4-12(14)24-16(25)15-13(2-1-6-23-15)26-9-17(19,20)21;;/h1-4,6,22H,5,7-9H2,(H,24,25);2*1H. The molecule has 2 N–H and O–H groups in total. The van der Waals surface area contributed by atoms with Gasteiger partial charge >= 0.3 is 6.18 Å². The molecular weight excluding hydrogens is 425 g/mol. The molecule has 0 unspecified atom stereocenters. The molecule has 11 heteroatoms. The average molecular weight is 442 g/mol. The van der Waals surface area contributed by atoms with Crippen LogP contribution in [0.15, 0.2) is 30.5 Å². The normalized spacial score (nSPS) is 12.9. The van der Waals surface area contributed by atoms with Crippen molar-refractivity contribution < 1.29 is 27.1 Å². The number of nitrogens with zero attached hydrogens (tertiary/aromatic N) is 1.